The zero-order chi connectivity index (χ0) is 25.4. The molecule has 2 aromatic rings. The average Bonchev–Trinajstić information content (AvgIpc) is 2.90. The molecule has 0 amide bonds. The average molecular weight is 512 g/mol. The normalized spacial score (nSPS) is 22.5. The van der Waals surface area contributed by atoms with Crippen LogP contribution >= 0.6 is 11.6 Å². The van der Waals surface area contributed by atoms with Gasteiger partial charge in [0.15, 0.2) is 0 Å². The van der Waals surface area contributed by atoms with Crippen molar-refractivity contribution in [2.75, 3.05) is 38.8 Å². The van der Waals surface area contributed by atoms with Crippen LogP contribution in [-0.4, -0.2) is 55.5 Å². The van der Waals surface area contributed by atoms with Crippen LogP contribution in [-0.2, 0) is 15.9 Å². The summed E-state index contributed by atoms with van der Waals surface area (Å²) in [6, 6.07) is 7.63. The number of methoxy groups -OCH3 is 1. The van der Waals surface area contributed by atoms with Gasteiger partial charge < -0.3 is 20.1 Å². The Kier molecular flexibility index (Phi) is 9.55. The van der Waals surface area contributed by atoms with E-state index < -0.39 is 5.41 Å². The summed E-state index contributed by atoms with van der Waals surface area (Å²) in [5, 5.41) is 17.5. The zero-order valence-corrected chi connectivity index (χ0v) is 22.2. The first-order chi connectivity index (χ1) is 17.5. The van der Waals surface area contributed by atoms with E-state index in [-0.39, 0.29) is 0 Å². The lowest BCUT2D eigenvalue weighted by Crippen LogP contribution is -2.41. The van der Waals surface area contributed by atoms with Crippen LogP contribution in [0.1, 0.15) is 51.1 Å². The molecule has 1 aliphatic carbocycles. The first-order valence-electron chi connectivity index (χ1n) is 13.1. The second-order valence-corrected chi connectivity index (χ2v) is 10.8. The molecule has 1 aliphatic heterocycles. The minimum absolute atomic E-state index is 0.387. The number of halogens is 1. The van der Waals surface area contributed by atoms with Gasteiger partial charge in [0.05, 0.1) is 28.8 Å². The molecule has 2 fully saturated rings. The van der Waals surface area contributed by atoms with Gasteiger partial charge in [0, 0.05) is 74.4 Å². The summed E-state index contributed by atoms with van der Waals surface area (Å²) in [4.78, 5) is 9.08. The summed E-state index contributed by atoms with van der Waals surface area (Å²) < 4.78 is 10.7. The molecular weight excluding hydrogens is 474 g/mol. The van der Waals surface area contributed by atoms with E-state index >= 15 is 0 Å². The maximum atomic E-state index is 9.73. The summed E-state index contributed by atoms with van der Waals surface area (Å²) in [7, 11) is 1.75. The van der Waals surface area contributed by atoms with Gasteiger partial charge in [-0.15, -0.1) is 0 Å². The van der Waals surface area contributed by atoms with E-state index in [1.54, 1.807) is 19.5 Å². The van der Waals surface area contributed by atoms with Crippen molar-refractivity contribution in [1.29, 1.82) is 5.26 Å². The van der Waals surface area contributed by atoms with Crippen LogP contribution in [0.4, 0.5) is 5.69 Å². The summed E-state index contributed by atoms with van der Waals surface area (Å²) >= 11 is 6.58. The Bertz CT molecular complexity index is 1030. The Hall–Kier alpha value is -2.24. The third-order valence-electron chi connectivity index (χ3n) is 7.56. The van der Waals surface area contributed by atoms with Gasteiger partial charge >= 0.3 is 0 Å². The van der Waals surface area contributed by atoms with E-state index in [0.29, 0.717) is 42.8 Å². The van der Waals surface area contributed by atoms with Crippen LogP contribution < -0.4 is 10.6 Å². The maximum Gasteiger partial charge on any atom is 0.0789 e. The van der Waals surface area contributed by atoms with Crippen LogP contribution in [0, 0.1) is 22.7 Å². The number of rotatable bonds is 10. The predicted octanol–water partition coefficient (Wildman–Crippen LogP) is 5.26. The number of nitriles is 1. The first kappa shape index (κ1) is 26.8. The molecule has 2 aliphatic rings. The number of hydrogen-bond acceptors (Lipinski definition) is 7. The van der Waals surface area contributed by atoms with Crippen LogP contribution in [0.2, 0.25) is 5.02 Å². The lowest BCUT2D eigenvalue weighted by molar-refractivity contribution is 0.0456. The molecule has 0 spiro atoms. The highest BCUT2D eigenvalue weighted by Crippen LogP contribution is 2.33. The molecule has 194 valence electrons. The number of hydrogen-bond donors (Lipinski definition) is 2. The molecule has 2 aromatic heterocycles. The topological polar surface area (TPSA) is 92.1 Å². The Morgan fingerprint density at radius 3 is 2.69 bits per heavy atom. The van der Waals surface area contributed by atoms with Gasteiger partial charge in [-0.05, 0) is 69.9 Å². The Labute approximate surface area is 220 Å². The highest BCUT2D eigenvalue weighted by atomic mass is 35.5. The lowest BCUT2D eigenvalue weighted by atomic mass is 9.81. The standard InChI is InChI=1S/C28H38ClN5O2/c1-20(17-35-2)34-23-5-3-21(4-6-23)11-24-13-26(27(29)16-32-24)22-12-25(15-31-14-22)33-19-28(18-30)7-9-36-10-8-28/h12-16,20-21,23,33-34H,3-11,17,19H2,1-2H3/t20-,21?,23?/m0/s1. The van der Waals surface area contributed by atoms with E-state index in [4.69, 9.17) is 21.1 Å². The number of nitrogens with one attached hydrogen (secondary N) is 2. The molecule has 0 radical (unpaired) electrons. The number of nitrogens with zero attached hydrogens (tertiary/aromatic N) is 3. The number of aromatic nitrogens is 2. The minimum Gasteiger partial charge on any atom is -0.383 e. The molecule has 3 heterocycles. The summed E-state index contributed by atoms with van der Waals surface area (Å²) in [6.07, 6.45) is 12.6. The molecule has 1 saturated carbocycles. The van der Waals surface area contributed by atoms with E-state index in [2.05, 4.69) is 45.7 Å². The molecule has 0 unspecified atom stereocenters. The fraction of sp³-hybridized carbons (Fsp3) is 0.607. The molecule has 36 heavy (non-hydrogen) atoms. The number of anilines is 1. The highest BCUT2D eigenvalue weighted by Gasteiger charge is 2.32. The fourth-order valence-corrected chi connectivity index (χ4v) is 5.60. The Morgan fingerprint density at radius 1 is 1.19 bits per heavy atom. The van der Waals surface area contributed by atoms with E-state index in [1.165, 1.54) is 25.7 Å². The van der Waals surface area contributed by atoms with Crippen LogP contribution in [0.25, 0.3) is 11.1 Å². The van der Waals surface area contributed by atoms with Crippen molar-refractivity contribution < 1.29 is 9.47 Å². The van der Waals surface area contributed by atoms with Gasteiger partial charge in [-0.1, -0.05) is 11.6 Å². The van der Waals surface area contributed by atoms with Crippen molar-refractivity contribution in [3.8, 4) is 17.2 Å². The smallest absolute Gasteiger partial charge is 0.0789 e. The molecule has 1 atom stereocenters. The monoisotopic (exact) mass is 511 g/mol. The van der Waals surface area contributed by atoms with Gasteiger partial charge in [-0.25, -0.2) is 0 Å². The number of pyridine rings is 2. The summed E-state index contributed by atoms with van der Waals surface area (Å²) in [6.45, 7) is 4.77. The van der Waals surface area contributed by atoms with Crippen molar-refractivity contribution in [1.82, 2.24) is 15.3 Å². The molecule has 8 heteroatoms. The molecule has 0 aromatic carbocycles. The van der Waals surface area contributed by atoms with Crippen molar-refractivity contribution in [3.05, 3.63) is 41.4 Å². The highest BCUT2D eigenvalue weighted by molar-refractivity contribution is 6.33. The molecular formula is C28H38ClN5O2. The van der Waals surface area contributed by atoms with E-state index in [1.807, 2.05) is 6.20 Å². The quantitative estimate of drug-likeness (QED) is 0.449. The van der Waals surface area contributed by atoms with Gasteiger partial charge in [-0.3, -0.25) is 9.97 Å². The van der Waals surface area contributed by atoms with Crippen molar-refractivity contribution in [2.24, 2.45) is 11.3 Å². The van der Waals surface area contributed by atoms with E-state index in [0.717, 1.165) is 48.4 Å². The van der Waals surface area contributed by atoms with Crippen molar-refractivity contribution >= 4 is 17.3 Å². The van der Waals surface area contributed by atoms with Gasteiger partial charge in [-0.2, -0.15) is 5.26 Å². The molecule has 1 saturated heterocycles. The van der Waals surface area contributed by atoms with Gasteiger partial charge in [0.1, 0.15) is 0 Å². The van der Waals surface area contributed by atoms with Crippen LogP contribution in [0.3, 0.4) is 0 Å². The summed E-state index contributed by atoms with van der Waals surface area (Å²) in [5.74, 6) is 0.634. The lowest BCUT2D eigenvalue weighted by Gasteiger charge is -2.31. The summed E-state index contributed by atoms with van der Waals surface area (Å²) in [5.41, 5.74) is 3.46. The Morgan fingerprint density at radius 2 is 1.97 bits per heavy atom. The molecule has 7 nitrogen and oxygen atoms in total. The van der Waals surface area contributed by atoms with Gasteiger partial charge in [0.2, 0.25) is 0 Å². The van der Waals surface area contributed by atoms with Gasteiger partial charge in [0.25, 0.3) is 0 Å². The fourth-order valence-electron chi connectivity index (χ4n) is 5.39. The zero-order valence-electron chi connectivity index (χ0n) is 21.4. The first-order valence-corrected chi connectivity index (χ1v) is 13.5. The second kappa shape index (κ2) is 12.8. The van der Waals surface area contributed by atoms with Crippen LogP contribution in [0.5, 0.6) is 0 Å². The number of ether oxygens (including phenoxy) is 2. The molecule has 4 rings (SSSR count). The third-order valence-corrected chi connectivity index (χ3v) is 7.86. The SMILES string of the molecule is COC[C@H](C)NC1CCC(Cc2cc(-c3cncc(NCC4(C#N)CCOCC4)c3)c(Cl)cn2)CC1. The molecule has 0 bridgehead atoms. The van der Waals surface area contributed by atoms with E-state index in [9.17, 15) is 5.26 Å². The second-order valence-electron chi connectivity index (χ2n) is 10.4. The third kappa shape index (κ3) is 7.17. The van der Waals surface area contributed by atoms with Crippen LogP contribution in [0.15, 0.2) is 30.7 Å². The minimum atomic E-state index is -0.397. The predicted molar refractivity (Wildman–Crippen MR) is 143 cm³/mol. The maximum absolute atomic E-state index is 9.73. The van der Waals surface area contributed by atoms with Crippen molar-refractivity contribution in [2.45, 2.75) is 64.0 Å². The largest absolute Gasteiger partial charge is 0.383 e. The van der Waals surface area contributed by atoms with Crippen molar-refractivity contribution in [3.63, 3.8) is 0 Å². The Balaban J connectivity index is 1.37. The molecule has 2 N–H and O–H groups in total.